The van der Waals surface area contributed by atoms with Crippen LogP contribution in [0.1, 0.15) is 34.8 Å². The van der Waals surface area contributed by atoms with Crippen LogP contribution < -0.4 is 15.4 Å². The topological polar surface area (TPSA) is 92.7 Å². The molecule has 0 spiro atoms. The molecule has 0 aliphatic carbocycles. The summed E-state index contributed by atoms with van der Waals surface area (Å²) in [6.45, 7) is 1.32. The van der Waals surface area contributed by atoms with E-state index in [1.807, 2.05) is 36.5 Å². The Labute approximate surface area is 181 Å². The van der Waals surface area contributed by atoms with E-state index in [2.05, 4.69) is 15.6 Å². The van der Waals surface area contributed by atoms with Crippen LogP contribution in [0.2, 0.25) is 0 Å². The van der Waals surface area contributed by atoms with E-state index in [-0.39, 0.29) is 12.5 Å². The standard InChI is InChI=1S/C24H27N3O4/c1-30-21-6-4-16(5-7-21)22(15-28)27-24(29)17-2-3-18-14-25-23(13-19(18)12-17)26-20-8-10-31-11-9-20/h2-7,12-14,20,22,28H,8-11,15H2,1H3,(H,25,26)(H,27,29). The van der Waals surface area contributed by atoms with Gasteiger partial charge in [0.25, 0.3) is 5.91 Å². The molecule has 0 bridgehead atoms. The monoisotopic (exact) mass is 421 g/mol. The molecule has 2 heterocycles. The molecule has 7 nitrogen and oxygen atoms in total. The first-order valence-corrected chi connectivity index (χ1v) is 10.5. The van der Waals surface area contributed by atoms with Crippen molar-refractivity contribution in [1.29, 1.82) is 0 Å². The van der Waals surface area contributed by atoms with Crippen molar-refractivity contribution in [2.24, 2.45) is 0 Å². The predicted octanol–water partition coefficient (Wildman–Crippen LogP) is 3.30. The average molecular weight is 421 g/mol. The quantitative estimate of drug-likeness (QED) is 0.542. The number of pyridine rings is 1. The van der Waals surface area contributed by atoms with Gasteiger partial charge in [0.15, 0.2) is 0 Å². The first-order chi connectivity index (χ1) is 15.2. The molecule has 1 fully saturated rings. The fraction of sp³-hybridized carbons (Fsp3) is 0.333. The number of rotatable bonds is 7. The van der Waals surface area contributed by atoms with Gasteiger partial charge in [-0.15, -0.1) is 0 Å². The number of aliphatic hydroxyl groups excluding tert-OH is 1. The number of ether oxygens (including phenoxy) is 2. The van der Waals surface area contributed by atoms with E-state index in [1.54, 1.807) is 25.3 Å². The molecule has 4 rings (SSSR count). The van der Waals surface area contributed by atoms with Gasteiger partial charge in [0, 0.05) is 36.4 Å². The number of nitrogens with one attached hydrogen (secondary N) is 2. The molecular weight excluding hydrogens is 394 g/mol. The summed E-state index contributed by atoms with van der Waals surface area (Å²) in [6, 6.07) is 14.6. The van der Waals surface area contributed by atoms with Crippen LogP contribution in [0.25, 0.3) is 10.8 Å². The van der Waals surface area contributed by atoms with Crippen molar-refractivity contribution in [2.75, 3.05) is 32.2 Å². The summed E-state index contributed by atoms with van der Waals surface area (Å²) in [7, 11) is 1.60. The number of aliphatic hydroxyl groups is 1. The molecule has 0 radical (unpaired) electrons. The van der Waals surface area contributed by atoms with Crippen LogP contribution in [0.4, 0.5) is 5.82 Å². The summed E-state index contributed by atoms with van der Waals surface area (Å²) in [5.41, 5.74) is 1.34. The van der Waals surface area contributed by atoms with Gasteiger partial charge in [-0.1, -0.05) is 18.2 Å². The Morgan fingerprint density at radius 2 is 1.94 bits per heavy atom. The minimum absolute atomic E-state index is 0.200. The number of methoxy groups -OCH3 is 1. The molecule has 7 heteroatoms. The van der Waals surface area contributed by atoms with Crippen molar-refractivity contribution >= 4 is 22.5 Å². The van der Waals surface area contributed by atoms with Crippen LogP contribution in [0.3, 0.4) is 0 Å². The second-order valence-electron chi connectivity index (χ2n) is 7.64. The lowest BCUT2D eigenvalue weighted by Crippen LogP contribution is -2.30. The molecule has 1 amide bonds. The van der Waals surface area contributed by atoms with Crippen molar-refractivity contribution in [3.8, 4) is 5.75 Å². The van der Waals surface area contributed by atoms with Crippen molar-refractivity contribution in [2.45, 2.75) is 24.9 Å². The summed E-state index contributed by atoms with van der Waals surface area (Å²) in [6.07, 6.45) is 3.72. The SMILES string of the molecule is COc1ccc(C(CO)NC(=O)c2ccc3cnc(NC4CCOCC4)cc3c2)cc1. The molecule has 0 saturated carbocycles. The second kappa shape index (κ2) is 9.76. The van der Waals surface area contributed by atoms with Gasteiger partial charge in [-0.2, -0.15) is 0 Å². The van der Waals surface area contributed by atoms with Gasteiger partial charge >= 0.3 is 0 Å². The average Bonchev–Trinajstić information content (AvgIpc) is 2.82. The van der Waals surface area contributed by atoms with Crippen LogP contribution >= 0.6 is 0 Å². The molecule has 1 aliphatic heterocycles. The van der Waals surface area contributed by atoms with E-state index >= 15 is 0 Å². The Balaban J connectivity index is 1.49. The third-order valence-electron chi connectivity index (χ3n) is 5.56. The Morgan fingerprint density at radius 1 is 1.16 bits per heavy atom. The van der Waals surface area contributed by atoms with E-state index in [0.717, 1.165) is 54.0 Å². The molecule has 3 aromatic rings. The van der Waals surface area contributed by atoms with Crippen LogP contribution in [-0.2, 0) is 4.74 Å². The highest BCUT2D eigenvalue weighted by molar-refractivity contribution is 5.99. The van der Waals surface area contributed by atoms with Gasteiger partial charge in [-0.25, -0.2) is 4.98 Å². The van der Waals surface area contributed by atoms with Crippen LogP contribution in [-0.4, -0.2) is 49.0 Å². The molecule has 3 N–H and O–H groups in total. The van der Waals surface area contributed by atoms with Crippen molar-refractivity contribution in [1.82, 2.24) is 10.3 Å². The second-order valence-corrected chi connectivity index (χ2v) is 7.64. The third-order valence-corrected chi connectivity index (χ3v) is 5.56. The zero-order valence-corrected chi connectivity index (χ0v) is 17.5. The van der Waals surface area contributed by atoms with E-state index in [9.17, 15) is 9.90 Å². The maximum atomic E-state index is 12.9. The largest absolute Gasteiger partial charge is 0.497 e. The number of amides is 1. The first-order valence-electron chi connectivity index (χ1n) is 10.5. The summed E-state index contributed by atoms with van der Waals surface area (Å²) < 4.78 is 10.6. The lowest BCUT2D eigenvalue weighted by molar-refractivity contribution is 0.0903. The molecule has 1 saturated heterocycles. The lowest BCUT2D eigenvalue weighted by atomic mass is 10.0. The van der Waals surface area contributed by atoms with Crippen LogP contribution in [0.15, 0.2) is 54.7 Å². The van der Waals surface area contributed by atoms with Gasteiger partial charge in [0.1, 0.15) is 11.6 Å². The van der Waals surface area contributed by atoms with Gasteiger partial charge < -0.3 is 25.2 Å². The van der Waals surface area contributed by atoms with Crippen molar-refractivity contribution in [3.63, 3.8) is 0 Å². The highest BCUT2D eigenvalue weighted by Gasteiger charge is 2.17. The molecule has 1 aromatic heterocycles. The van der Waals surface area contributed by atoms with Gasteiger partial charge in [-0.3, -0.25) is 4.79 Å². The summed E-state index contributed by atoms with van der Waals surface area (Å²) >= 11 is 0. The highest BCUT2D eigenvalue weighted by atomic mass is 16.5. The third kappa shape index (κ3) is 5.13. The van der Waals surface area contributed by atoms with Gasteiger partial charge in [0.2, 0.25) is 0 Å². The van der Waals surface area contributed by atoms with E-state index in [4.69, 9.17) is 9.47 Å². The Morgan fingerprint density at radius 3 is 2.65 bits per heavy atom. The minimum atomic E-state index is -0.503. The Hall–Kier alpha value is -3.16. The zero-order valence-electron chi connectivity index (χ0n) is 17.5. The molecule has 2 aromatic carbocycles. The zero-order chi connectivity index (χ0) is 21.6. The molecule has 162 valence electrons. The number of fused-ring (bicyclic) bond motifs is 1. The van der Waals surface area contributed by atoms with E-state index in [0.29, 0.717) is 11.6 Å². The number of carbonyl (C=O) groups excluding carboxylic acids is 1. The number of hydrogen-bond acceptors (Lipinski definition) is 6. The van der Waals surface area contributed by atoms with Gasteiger partial charge in [-0.05, 0) is 54.1 Å². The number of aromatic nitrogens is 1. The van der Waals surface area contributed by atoms with Crippen molar-refractivity contribution < 1.29 is 19.4 Å². The first kappa shape index (κ1) is 21.1. The summed E-state index contributed by atoms with van der Waals surface area (Å²) in [5.74, 6) is 1.27. The lowest BCUT2D eigenvalue weighted by Gasteiger charge is -2.23. The summed E-state index contributed by atoms with van der Waals surface area (Å²) in [5, 5.41) is 18.1. The summed E-state index contributed by atoms with van der Waals surface area (Å²) in [4.78, 5) is 17.4. The van der Waals surface area contributed by atoms with Crippen molar-refractivity contribution in [3.05, 3.63) is 65.9 Å². The van der Waals surface area contributed by atoms with Crippen LogP contribution in [0, 0.1) is 0 Å². The molecule has 1 atom stereocenters. The maximum absolute atomic E-state index is 12.9. The smallest absolute Gasteiger partial charge is 0.251 e. The highest BCUT2D eigenvalue weighted by Crippen LogP contribution is 2.22. The van der Waals surface area contributed by atoms with E-state index in [1.165, 1.54) is 0 Å². The van der Waals surface area contributed by atoms with Crippen LogP contribution in [0.5, 0.6) is 5.75 Å². The maximum Gasteiger partial charge on any atom is 0.251 e. The Bertz CT molecular complexity index is 1030. The molecule has 31 heavy (non-hydrogen) atoms. The number of benzene rings is 2. The number of hydrogen-bond donors (Lipinski definition) is 3. The Kier molecular flexibility index (Phi) is 6.64. The molecule has 1 aliphatic rings. The normalized spacial score (nSPS) is 15.4. The predicted molar refractivity (Wildman–Crippen MR) is 119 cm³/mol. The number of carbonyl (C=O) groups is 1. The van der Waals surface area contributed by atoms with Gasteiger partial charge in [0.05, 0.1) is 19.8 Å². The number of anilines is 1. The minimum Gasteiger partial charge on any atom is -0.497 e. The number of nitrogens with zero attached hydrogens (tertiary/aromatic N) is 1. The fourth-order valence-electron chi connectivity index (χ4n) is 3.72. The molecule has 1 unspecified atom stereocenters. The van der Waals surface area contributed by atoms with E-state index < -0.39 is 6.04 Å². The fourth-order valence-corrected chi connectivity index (χ4v) is 3.72. The molecular formula is C24H27N3O4.